The van der Waals surface area contributed by atoms with Gasteiger partial charge < -0.3 is 14.7 Å². The van der Waals surface area contributed by atoms with Crippen LogP contribution in [0.1, 0.15) is 16.8 Å². The van der Waals surface area contributed by atoms with Gasteiger partial charge in [0.15, 0.2) is 0 Å². The van der Waals surface area contributed by atoms with E-state index in [0.29, 0.717) is 30.2 Å². The van der Waals surface area contributed by atoms with Crippen molar-refractivity contribution in [3.63, 3.8) is 0 Å². The third kappa shape index (κ3) is 3.45. The zero-order valence-corrected chi connectivity index (χ0v) is 12.3. The lowest BCUT2D eigenvalue weighted by atomic mass is 10.1. The van der Waals surface area contributed by atoms with E-state index in [9.17, 15) is 9.59 Å². The average Bonchev–Trinajstić information content (AvgIpc) is 3.06. The van der Waals surface area contributed by atoms with E-state index in [1.54, 1.807) is 35.4 Å². The van der Waals surface area contributed by atoms with Crippen LogP contribution in [0.4, 0.5) is 0 Å². The number of carboxylic acid groups (broad SMARTS) is 1. The molecule has 0 aliphatic carbocycles. The summed E-state index contributed by atoms with van der Waals surface area (Å²) in [5.74, 6) is -0.731. The van der Waals surface area contributed by atoms with Crippen molar-refractivity contribution in [1.29, 1.82) is 0 Å². The van der Waals surface area contributed by atoms with Gasteiger partial charge in [-0.1, -0.05) is 6.07 Å². The number of hydrogen-bond donors (Lipinski definition) is 1. The molecule has 1 aromatic carbocycles. The van der Waals surface area contributed by atoms with E-state index in [1.165, 1.54) is 12.4 Å². The Kier molecular flexibility index (Phi) is 4.18. The summed E-state index contributed by atoms with van der Waals surface area (Å²) in [6.45, 7) is 0.689. The van der Waals surface area contributed by atoms with Crippen LogP contribution in [-0.2, 0) is 4.79 Å². The first kappa shape index (κ1) is 15.0. The van der Waals surface area contributed by atoms with Crippen molar-refractivity contribution < 1.29 is 19.4 Å². The molecule has 1 atom stereocenters. The number of amides is 1. The van der Waals surface area contributed by atoms with Gasteiger partial charge in [0, 0.05) is 31.0 Å². The van der Waals surface area contributed by atoms with Crippen LogP contribution in [0, 0.1) is 5.92 Å². The minimum absolute atomic E-state index is 0.196. The van der Waals surface area contributed by atoms with Gasteiger partial charge in [0.05, 0.1) is 12.1 Å². The maximum Gasteiger partial charge on any atom is 0.308 e. The molecule has 1 aliphatic rings. The third-order valence-electron chi connectivity index (χ3n) is 3.67. The summed E-state index contributed by atoms with van der Waals surface area (Å²) in [7, 11) is 0. The number of nitrogens with zero attached hydrogens (tertiary/aromatic N) is 3. The van der Waals surface area contributed by atoms with Crippen molar-refractivity contribution in [2.45, 2.75) is 6.42 Å². The summed E-state index contributed by atoms with van der Waals surface area (Å²) in [5.41, 5.74) is 0.456. The lowest BCUT2D eigenvalue weighted by Crippen LogP contribution is -2.29. The third-order valence-corrected chi connectivity index (χ3v) is 3.67. The van der Waals surface area contributed by atoms with Gasteiger partial charge in [0.2, 0.25) is 5.88 Å². The predicted molar refractivity (Wildman–Crippen MR) is 80.2 cm³/mol. The molecule has 1 saturated heterocycles. The summed E-state index contributed by atoms with van der Waals surface area (Å²) in [4.78, 5) is 32.9. The second-order valence-corrected chi connectivity index (χ2v) is 5.25. The van der Waals surface area contributed by atoms with Gasteiger partial charge in [-0.25, -0.2) is 4.98 Å². The van der Waals surface area contributed by atoms with Crippen LogP contribution >= 0.6 is 0 Å². The zero-order chi connectivity index (χ0) is 16.2. The number of carbonyl (C=O) groups excluding carboxylic acids is 1. The number of carboxylic acids is 1. The van der Waals surface area contributed by atoms with Crippen LogP contribution in [0.5, 0.6) is 11.6 Å². The number of carbonyl (C=O) groups is 2. The van der Waals surface area contributed by atoms with Crippen LogP contribution in [0.15, 0.2) is 42.9 Å². The number of hydrogen-bond acceptors (Lipinski definition) is 5. The molecule has 3 rings (SSSR count). The second-order valence-electron chi connectivity index (χ2n) is 5.25. The Bertz CT molecular complexity index is 720. The van der Waals surface area contributed by atoms with E-state index in [2.05, 4.69) is 9.97 Å². The predicted octanol–water partition coefficient (Wildman–Crippen LogP) is 1.82. The number of ether oxygens (including phenoxy) is 1. The lowest BCUT2D eigenvalue weighted by Gasteiger charge is -2.16. The fraction of sp³-hybridized carbons (Fsp3) is 0.250. The molecular formula is C16H15N3O4. The molecule has 7 nitrogen and oxygen atoms in total. The summed E-state index contributed by atoms with van der Waals surface area (Å²) in [5, 5.41) is 9.02. The first-order valence-corrected chi connectivity index (χ1v) is 7.19. The van der Waals surface area contributed by atoms with E-state index in [1.807, 2.05) is 0 Å². The molecule has 0 unspecified atom stereocenters. The van der Waals surface area contributed by atoms with Crippen molar-refractivity contribution in [2.75, 3.05) is 13.1 Å². The summed E-state index contributed by atoms with van der Waals surface area (Å²) < 4.78 is 5.55. The smallest absolute Gasteiger partial charge is 0.308 e. The number of aromatic nitrogens is 2. The highest BCUT2D eigenvalue weighted by molar-refractivity contribution is 5.95. The Morgan fingerprint density at radius 1 is 1.30 bits per heavy atom. The molecule has 118 valence electrons. The topological polar surface area (TPSA) is 92.6 Å². The molecule has 1 N–H and O–H groups in total. The minimum Gasteiger partial charge on any atom is -0.481 e. The van der Waals surface area contributed by atoms with E-state index in [4.69, 9.17) is 9.84 Å². The monoisotopic (exact) mass is 313 g/mol. The molecule has 2 aromatic rings. The van der Waals surface area contributed by atoms with Gasteiger partial charge in [-0.15, -0.1) is 0 Å². The van der Waals surface area contributed by atoms with Crippen LogP contribution in [0.2, 0.25) is 0 Å². The molecule has 0 spiro atoms. The highest BCUT2D eigenvalue weighted by Gasteiger charge is 2.31. The molecule has 0 radical (unpaired) electrons. The maximum atomic E-state index is 12.5. The standard InChI is InChI=1S/C16H15N3O4/c20-15(19-7-4-12(10-19)16(21)22)11-2-1-3-13(8-11)23-14-9-17-5-6-18-14/h1-3,5-6,8-9,12H,4,7,10H2,(H,21,22)/t12-/m1/s1. The van der Waals surface area contributed by atoms with E-state index in [-0.39, 0.29) is 12.5 Å². The van der Waals surface area contributed by atoms with E-state index >= 15 is 0 Å². The maximum absolute atomic E-state index is 12.5. The van der Waals surface area contributed by atoms with Crippen molar-refractivity contribution in [2.24, 2.45) is 5.92 Å². The van der Waals surface area contributed by atoms with Crippen LogP contribution in [0.3, 0.4) is 0 Å². The molecule has 1 amide bonds. The van der Waals surface area contributed by atoms with Gasteiger partial charge in [0.25, 0.3) is 5.91 Å². The Hall–Kier alpha value is -2.96. The lowest BCUT2D eigenvalue weighted by molar-refractivity contribution is -0.141. The number of aliphatic carboxylic acids is 1. The number of rotatable bonds is 4. The summed E-state index contributed by atoms with van der Waals surface area (Å²) in [6.07, 6.45) is 5.02. The van der Waals surface area contributed by atoms with Crippen molar-refractivity contribution in [1.82, 2.24) is 14.9 Å². The van der Waals surface area contributed by atoms with Crippen LogP contribution in [-0.4, -0.2) is 44.9 Å². The number of benzene rings is 1. The molecule has 1 aromatic heterocycles. The van der Waals surface area contributed by atoms with Gasteiger partial charge in [-0.3, -0.25) is 14.6 Å². The summed E-state index contributed by atoms with van der Waals surface area (Å²) >= 11 is 0. The Morgan fingerprint density at radius 2 is 2.17 bits per heavy atom. The Balaban J connectivity index is 1.72. The van der Waals surface area contributed by atoms with Crippen molar-refractivity contribution >= 4 is 11.9 Å². The summed E-state index contributed by atoms with van der Waals surface area (Å²) in [6, 6.07) is 6.73. The zero-order valence-electron chi connectivity index (χ0n) is 12.3. The molecule has 1 fully saturated rings. The van der Waals surface area contributed by atoms with Crippen molar-refractivity contribution in [3.8, 4) is 11.6 Å². The highest BCUT2D eigenvalue weighted by Crippen LogP contribution is 2.23. The highest BCUT2D eigenvalue weighted by atomic mass is 16.5. The van der Waals surface area contributed by atoms with Gasteiger partial charge in [-0.05, 0) is 24.6 Å². The SMILES string of the molecule is O=C(O)[C@@H]1CCN(C(=O)c2cccc(Oc3cnccn3)c2)C1. The fourth-order valence-electron chi connectivity index (χ4n) is 2.48. The van der Waals surface area contributed by atoms with Gasteiger partial charge in [0.1, 0.15) is 5.75 Å². The first-order valence-electron chi connectivity index (χ1n) is 7.19. The van der Waals surface area contributed by atoms with E-state index < -0.39 is 11.9 Å². The van der Waals surface area contributed by atoms with Crippen LogP contribution < -0.4 is 4.74 Å². The molecule has 0 saturated carbocycles. The quantitative estimate of drug-likeness (QED) is 0.925. The minimum atomic E-state index is -0.861. The van der Waals surface area contributed by atoms with Crippen LogP contribution in [0.25, 0.3) is 0 Å². The fourth-order valence-corrected chi connectivity index (χ4v) is 2.48. The molecule has 23 heavy (non-hydrogen) atoms. The van der Waals surface area contributed by atoms with Gasteiger partial charge in [-0.2, -0.15) is 0 Å². The molecule has 0 bridgehead atoms. The number of likely N-dealkylation sites (tertiary alicyclic amines) is 1. The largest absolute Gasteiger partial charge is 0.481 e. The Labute approximate surface area is 132 Å². The molecule has 1 aliphatic heterocycles. The first-order chi connectivity index (χ1) is 11.1. The normalized spacial score (nSPS) is 17.0. The molecular weight excluding hydrogens is 298 g/mol. The second kappa shape index (κ2) is 6.43. The molecule has 7 heteroatoms. The van der Waals surface area contributed by atoms with Crippen molar-refractivity contribution in [3.05, 3.63) is 48.4 Å². The van der Waals surface area contributed by atoms with E-state index in [0.717, 1.165) is 0 Å². The average molecular weight is 313 g/mol. The Morgan fingerprint density at radius 3 is 2.87 bits per heavy atom. The molecule has 2 heterocycles. The van der Waals surface area contributed by atoms with Gasteiger partial charge >= 0.3 is 5.97 Å².